The van der Waals surface area contributed by atoms with Crippen LogP contribution in [-0.4, -0.2) is 48.6 Å². The molecule has 0 fully saturated rings. The molecule has 4 heteroatoms. The third-order valence-corrected chi connectivity index (χ3v) is 5.75. The van der Waals surface area contributed by atoms with Crippen molar-refractivity contribution in [3.63, 3.8) is 0 Å². The first-order chi connectivity index (χ1) is 14.2. The highest BCUT2D eigenvalue weighted by Gasteiger charge is 2.04. The third kappa shape index (κ3) is 24.0. The van der Waals surface area contributed by atoms with E-state index in [0.717, 1.165) is 45.2 Å². The summed E-state index contributed by atoms with van der Waals surface area (Å²) in [4.78, 5) is 0. The van der Waals surface area contributed by atoms with Gasteiger partial charge < -0.3 is 20.8 Å². The van der Waals surface area contributed by atoms with Crippen molar-refractivity contribution < 1.29 is 10.2 Å². The molecule has 0 aromatic rings. The molecule has 0 aliphatic carbocycles. The molecule has 4 nitrogen and oxygen atoms in total. The van der Waals surface area contributed by atoms with E-state index < -0.39 is 0 Å². The Balaban J connectivity index is 3.24. The molecule has 2 unspecified atom stereocenters. The predicted octanol–water partition coefficient (Wildman–Crippen LogP) is 5.56. The Hall–Kier alpha value is -0.160. The zero-order chi connectivity index (χ0) is 21.4. The summed E-state index contributed by atoms with van der Waals surface area (Å²) in [5, 5.41) is 26.7. The van der Waals surface area contributed by atoms with Gasteiger partial charge in [-0.15, -0.1) is 0 Å². The Morgan fingerprint density at radius 2 is 0.828 bits per heavy atom. The van der Waals surface area contributed by atoms with Crippen molar-refractivity contribution in [1.82, 2.24) is 10.6 Å². The summed E-state index contributed by atoms with van der Waals surface area (Å²) in [6.45, 7) is 7.76. The smallest absolute Gasteiger partial charge is 0.0664 e. The molecular weight excluding hydrogens is 360 g/mol. The summed E-state index contributed by atoms with van der Waals surface area (Å²) >= 11 is 0. The summed E-state index contributed by atoms with van der Waals surface area (Å²) in [5.74, 6) is 0. The van der Waals surface area contributed by atoms with E-state index in [4.69, 9.17) is 0 Å². The summed E-state index contributed by atoms with van der Waals surface area (Å²) in [6, 6.07) is 0. The van der Waals surface area contributed by atoms with E-state index in [1.54, 1.807) is 0 Å². The molecule has 0 bridgehead atoms. The van der Waals surface area contributed by atoms with Gasteiger partial charge in [0.05, 0.1) is 12.2 Å². The molecule has 0 amide bonds. The molecule has 0 aromatic carbocycles. The lowest BCUT2D eigenvalue weighted by Gasteiger charge is -2.13. The topological polar surface area (TPSA) is 64.5 Å². The van der Waals surface area contributed by atoms with E-state index in [2.05, 4.69) is 24.5 Å². The van der Waals surface area contributed by atoms with Crippen LogP contribution in [0.3, 0.4) is 0 Å². The first-order valence-electron chi connectivity index (χ1n) is 13.0. The number of rotatable bonds is 24. The minimum Gasteiger partial charge on any atom is -0.392 e. The second kappa shape index (κ2) is 24.1. The standard InChI is InChI=1S/C25H54N2O2/c1-3-5-7-9-11-13-15-18-24(28)22-26-20-17-21-27-23-25(29)19-16-14-12-10-8-6-4-2/h24-29H,3-23H2,1-2H3. The number of unbranched alkanes of at least 4 members (excludes halogenated alkanes) is 12. The molecule has 4 N–H and O–H groups in total. The summed E-state index contributed by atoms with van der Waals surface area (Å²) in [5.41, 5.74) is 0. The predicted molar refractivity (Wildman–Crippen MR) is 128 cm³/mol. The highest BCUT2D eigenvalue weighted by molar-refractivity contribution is 4.63. The van der Waals surface area contributed by atoms with Crippen molar-refractivity contribution in [2.45, 2.75) is 135 Å². The number of hydrogen-bond acceptors (Lipinski definition) is 4. The van der Waals surface area contributed by atoms with E-state index in [0.29, 0.717) is 13.1 Å². The van der Waals surface area contributed by atoms with Crippen molar-refractivity contribution in [3.05, 3.63) is 0 Å². The lowest BCUT2D eigenvalue weighted by Crippen LogP contribution is -2.31. The summed E-state index contributed by atoms with van der Waals surface area (Å²) < 4.78 is 0. The lowest BCUT2D eigenvalue weighted by atomic mass is 10.1. The van der Waals surface area contributed by atoms with Crippen molar-refractivity contribution in [2.24, 2.45) is 0 Å². The molecule has 29 heavy (non-hydrogen) atoms. The molecule has 0 aliphatic heterocycles. The average Bonchev–Trinajstić information content (AvgIpc) is 2.71. The van der Waals surface area contributed by atoms with Gasteiger partial charge in [-0.3, -0.25) is 0 Å². The maximum absolute atomic E-state index is 10.0. The number of aliphatic hydroxyl groups is 2. The van der Waals surface area contributed by atoms with Gasteiger partial charge in [0.15, 0.2) is 0 Å². The Kier molecular flexibility index (Phi) is 24.0. The van der Waals surface area contributed by atoms with E-state index >= 15 is 0 Å². The Morgan fingerprint density at radius 3 is 1.21 bits per heavy atom. The second-order valence-corrected chi connectivity index (χ2v) is 8.89. The number of nitrogens with one attached hydrogen (secondary N) is 2. The molecule has 0 saturated carbocycles. The van der Waals surface area contributed by atoms with Crippen LogP contribution in [0.15, 0.2) is 0 Å². The fourth-order valence-electron chi connectivity index (χ4n) is 3.75. The number of aliphatic hydroxyl groups excluding tert-OH is 2. The molecule has 0 heterocycles. The zero-order valence-corrected chi connectivity index (χ0v) is 19.9. The van der Waals surface area contributed by atoms with Crippen LogP contribution >= 0.6 is 0 Å². The molecule has 176 valence electrons. The molecule has 0 aromatic heterocycles. The SMILES string of the molecule is CCCCCCCCCC(O)CNCCCNCC(O)CCCCCCCCC. The average molecular weight is 415 g/mol. The van der Waals surface area contributed by atoms with Crippen LogP contribution in [0, 0.1) is 0 Å². The van der Waals surface area contributed by atoms with Crippen LogP contribution in [0.25, 0.3) is 0 Å². The first-order valence-corrected chi connectivity index (χ1v) is 13.0. The molecular formula is C25H54N2O2. The number of hydrogen-bond donors (Lipinski definition) is 4. The largest absolute Gasteiger partial charge is 0.392 e. The minimum absolute atomic E-state index is 0.206. The minimum atomic E-state index is -0.206. The Bertz CT molecular complexity index is 275. The van der Waals surface area contributed by atoms with Gasteiger partial charge in [0, 0.05) is 13.1 Å². The van der Waals surface area contributed by atoms with Crippen LogP contribution in [-0.2, 0) is 0 Å². The van der Waals surface area contributed by atoms with Gasteiger partial charge in [-0.25, -0.2) is 0 Å². The van der Waals surface area contributed by atoms with Crippen LogP contribution in [0.4, 0.5) is 0 Å². The van der Waals surface area contributed by atoms with Crippen LogP contribution in [0.2, 0.25) is 0 Å². The lowest BCUT2D eigenvalue weighted by molar-refractivity contribution is 0.155. The monoisotopic (exact) mass is 414 g/mol. The summed E-state index contributed by atoms with van der Waals surface area (Å²) in [7, 11) is 0. The van der Waals surface area contributed by atoms with Crippen LogP contribution in [0.5, 0.6) is 0 Å². The van der Waals surface area contributed by atoms with E-state index in [9.17, 15) is 10.2 Å². The van der Waals surface area contributed by atoms with Gasteiger partial charge in [0.1, 0.15) is 0 Å². The fourth-order valence-corrected chi connectivity index (χ4v) is 3.75. The van der Waals surface area contributed by atoms with Gasteiger partial charge in [0.25, 0.3) is 0 Å². The van der Waals surface area contributed by atoms with E-state index in [1.165, 1.54) is 77.0 Å². The van der Waals surface area contributed by atoms with Crippen molar-refractivity contribution in [2.75, 3.05) is 26.2 Å². The molecule has 0 aliphatic rings. The Morgan fingerprint density at radius 1 is 0.483 bits per heavy atom. The maximum atomic E-state index is 10.0. The fraction of sp³-hybridized carbons (Fsp3) is 1.00. The molecule has 0 radical (unpaired) electrons. The van der Waals surface area contributed by atoms with Gasteiger partial charge in [-0.05, 0) is 32.4 Å². The molecule has 0 saturated heterocycles. The molecule has 0 rings (SSSR count). The van der Waals surface area contributed by atoms with Crippen molar-refractivity contribution >= 4 is 0 Å². The van der Waals surface area contributed by atoms with E-state index in [1.807, 2.05) is 0 Å². The van der Waals surface area contributed by atoms with Crippen LogP contribution in [0.1, 0.15) is 123 Å². The van der Waals surface area contributed by atoms with Gasteiger partial charge in [0.2, 0.25) is 0 Å². The van der Waals surface area contributed by atoms with Gasteiger partial charge >= 0.3 is 0 Å². The molecule has 0 spiro atoms. The molecule has 2 atom stereocenters. The quantitative estimate of drug-likeness (QED) is 0.156. The zero-order valence-electron chi connectivity index (χ0n) is 19.9. The highest BCUT2D eigenvalue weighted by atomic mass is 16.3. The van der Waals surface area contributed by atoms with Gasteiger partial charge in [-0.2, -0.15) is 0 Å². The van der Waals surface area contributed by atoms with E-state index in [-0.39, 0.29) is 12.2 Å². The normalized spacial score (nSPS) is 13.7. The van der Waals surface area contributed by atoms with Crippen molar-refractivity contribution in [3.8, 4) is 0 Å². The second-order valence-electron chi connectivity index (χ2n) is 8.89. The van der Waals surface area contributed by atoms with Crippen molar-refractivity contribution in [1.29, 1.82) is 0 Å². The highest BCUT2D eigenvalue weighted by Crippen LogP contribution is 2.10. The van der Waals surface area contributed by atoms with Gasteiger partial charge in [-0.1, -0.05) is 104 Å². The maximum Gasteiger partial charge on any atom is 0.0664 e. The first kappa shape index (κ1) is 28.8. The third-order valence-electron chi connectivity index (χ3n) is 5.75. The Labute approximate surface area is 182 Å². The van der Waals surface area contributed by atoms with Crippen LogP contribution < -0.4 is 10.6 Å². The summed E-state index contributed by atoms with van der Waals surface area (Å²) in [6.07, 6.45) is 20.7.